The van der Waals surface area contributed by atoms with Crippen molar-refractivity contribution in [2.24, 2.45) is 5.92 Å². The fourth-order valence-corrected chi connectivity index (χ4v) is 4.14. The average molecular weight is 412 g/mol. The molecule has 0 radical (unpaired) electrons. The van der Waals surface area contributed by atoms with Gasteiger partial charge in [0.1, 0.15) is 0 Å². The SMILES string of the molecule is O=C(Nc1cccc2ccccc12)C1CCN(Cc2nc(-c3ccccc3)no2)CC1. The van der Waals surface area contributed by atoms with Crippen molar-refractivity contribution in [2.75, 3.05) is 18.4 Å². The third-order valence-electron chi connectivity index (χ3n) is 5.86. The summed E-state index contributed by atoms with van der Waals surface area (Å²) in [6, 6.07) is 23.9. The predicted octanol–water partition coefficient (Wildman–Crippen LogP) is 4.74. The second-order valence-corrected chi connectivity index (χ2v) is 7.94. The molecule has 156 valence electrons. The molecule has 0 unspecified atom stereocenters. The van der Waals surface area contributed by atoms with Crippen molar-refractivity contribution in [1.29, 1.82) is 0 Å². The number of fused-ring (bicyclic) bond motifs is 1. The minimum absolute atomic E-state index is 0.0118. The second-order valence-electron chi connectivity index (χ2n) is 7.94. The third-order valence-corrected chi connectivity index (χ3v) is 5.86. The molecule has 0 bridgehead atoms. The molecule has 1 N–H and O–H groups in total. The fourth-order valence-electron chi connectivity index (χ4n) is 4.14. The summed E-state index contributed by atoms with van der Waals surface area (Å²) in [5.41, 5.74) is 1.83. The van der Waals surface area contributed by atoms with Crippen LogP contribution in [0.25, 0.3) is 22.2 Å². The lowest BCUT2D eigenvalue weighted by molar-refractivity contribution is -0.121. The van der Waals surface area contributed by atoms with Gasteiger partial charge in [-0.2, -0.15) is 4.98 Å². The first-order valence-electron chi connectivity index (χ1n) is 10.7. The summed E-state index contributed by atoms with van der Waals surface area (Å²) in [6.07, 6.45) is 1.63. The van der Waals surface area contributed by atoms with Gasteiger partial charge in [-0.25, -0.2) is 0 Å². The predicted molar refractivity (Wildman–Crippen MR) is 120 cm³/mol. The minimum atomic E-state index is 0.0118. The number of carbonyl (C=O) groups excluding carboxylic acids is 1. The molecular weight excluding hydrogens is 388 g/mol. The van der Waals surface area contributed by atoms with E-state index in [2.05, 4.69) is 32.5 Å². The number of aromatic nitrogens is 2. The third kappa shape index (κ3) is 4.34. The van der Waals surface area contributed by atoms with Crippen LogP contribution in [0.1, 0.15) is 18.7 Å². The quantitative estimate of drug-likeness (QED) is 0.513. The number of carbonyl (C=O) groups is 1. The lowest BCUT2D eigenvalue weighted by Gasteiger charge is -2.30. The molecule has 2 heterocycles. The zero-order chi connectivity index (χ0) is 21.0. The summed E-state index contributed by atoms with van der Waals surface area (Å²) >= 11 is 0. The van der Waals surface area contributed by atoms with Crippen LogP contribution in [0.15, 0.2) is 77.3 Å². The molecule has 0 saturated carbocycles. The molecule has 1 aromatic heterocycles. The Bertz CT molecular complexity index is 1180. The molecule has 0 atom stereocenters. The van der Waals surface area contributed by atoms with Crippen LogP contribution in [0.4, 0.5) is 5.69 Å². The summed E-state index contributed by atoms with van der Waals surface area (Å²) in [7, 11) is 0. The number of hydrogen-bond donors (Lipinski definition) is 1. The smallest absolute Gasteiger partial charge is 0.241 e. The molecule has 4 aromatic rings. The first kappa shape index (κ1) is 19.5. The first-order chi connectivity index (χ1) is 15.3. The van der Waals surface area contributed by atoms with Gasteiger partial charge in [0.05, 0.1) is 6.54 Å². The molecule has 31 heavy (non-hydrogen) atoms. The zero-order valence-electron chi connectivity index (χ0n) is 17.2. The van der Waals surface area contributed by atoms with E-state index in [-0.39, 0.29) is 11.8 Å². The summed E-state index contributed by atoms with van der Waals surface area (Å²) in [6.45, 7) is 2.27. The van der Waals surface area contributed by atoms with Gasteiger partial charge in [0.25, 0.3) is 0 Å². The van der Waals surface area contributed by atoms with E-state index < -0.39 is 0 Å². The van der Waals surface area contributed by atoms with E-state index in [0.717, 1.165) is 48.0 Å². The molecule has 3 aromatic carbocycles. The Hall–Kier alpha value is -3.51. The molecule has 6 heteroatoms. The van der Waals surface area contributed by atoms with Crippen LogP contribution in [-0.2, 0) is 11.3 Å². The summed E-state index contributed by atoms with van der Waals surface area (Å²) < 4.78 is 5.43. The number of likely N-dealkylation sites (tertiary alicyclic amines) is 1. The lowest BCUT2D eigenvalue weighted by Crippen LogP contribution is -2.37. The van der Waals surface area contributed by atoms with E-state index in [1.807, 2.05) is 60.7 Å². The normalized spacial score (nSPS) is 15.2. The van der Waals surface area contributed by atoms with Crippen molar-refractivity contribution < 1.29 is 9.32 Å². The Balaban J connectivity index is 1.17. The fraction of sp³-hybridized carbons (Fsp3) is 0.240. The number of rotatable bonds is 5. The lowest BCUT2D eigenvalue weighted by atomic mass is 9.95. The molecule has 1 amide bonds. The van der Waals surface area contributed by atoms with Crippen molar-refractivity contribution in [3.63, 3.8) is 0 Å². The zero-order valence-corrected chi connectivity index (χ0v) is 17.2. The van der Waals surface area contributed by atoms with Crippen molar-refractivity contribution in [3.8, 4) is 11.4 Å². The molecule has 0 spiro atoms. The maximum atomic E-state index is 12.9. The van der Waals surface area contributed by atoms with E-state index in [4.69, 9.17) is 4.52 Å². The maximum absolute atomic E-state index is 12.9. The minimum Gasteiger partial charge on any atom is -0.338 e. The van der Waals surface area contributed by atoms with Crippen LogP contribution >= 0.6 is 0 Å². The van der Waals surface area contributed by atoms with E-state index in [1.54, 1.807) is 0 Å². The van der Waals surface area contributed by atoms with E-state index in [1.165, 1.54) is 0 Å². The van der Waals surface area contributed by atoms with Gasteiger partial charge in [-0.15, -0.1) is 0 Å². The van der Waals surface area contributed by atoms with Gasteiger partial charge in [0, 0.05) is 22.6 Å². The summed E-state index contributed by atoms with van der Waals surface area (Å²) in [5.74, 6) is 1.33. The number of piperidine rings is 1. The number of anilines is 1. The van der Waals surface area contributed by atoms with Crippen LogP contribution < -0.4 is 5.32 Å². The van der Waals surface area contributed by atoms with Gasteiger partial charge < -0.3 is 9.84 Å². The van der Waals surface area contributed by atoms with Crippen LogP contribution in [-0.4, -0.2) is 34.0 Å². The first-order valence-corrected chi connectivity index (χ1v) is 10.7. The molecule has 1 aliphatic rings. The van der Waals surface area contributed by atoms with Gasteiger partial charge >= 0.3 is 0 Å². The number of nitrogens with zero attached hydrogens (tertiary/aromatic N) is 3. The van der Waals surface area contributed by atoms with Gasteiger partial charge in [0.15, 0.2) is 0 Å². The Morgan fingerprint density at radius 2 is 1.71 bits per heavy atom. The summed E-state index contributed by atoms with van der Waals surface area (Å²) in [5, 5.41) is 9.43. The molecule has 1 aliphatic heterocycles. The number of benzene rings is 3. The second kappa shape index (κ2) is 8.70. The van der Waals surface area contributed by atoms with Crippen LogP contribution in [0.2, 0.25) is 0 Å². The Morgan fingerprint density at radius 1 is 0.968 bits per heavy atom. The number of nitrogens with one attached hydrogen (secondary N) is 1. The molecular formula is C25H24N4O2. The highest BCUT2D eigenvalue weighted by molar-refractivity contribution is 6.02. The molecule has 5 rings (SSSR count). The Morgan fingerprint density at radius 3 is 2.55 bits per heavy atom. The van der Waals surface area contributed by atoms with E-state index in [0.29, 0.717) is 18.3 Å². The van der Waals surface area contributed by atoms with Crippen LogP contribution in [0.3, 0.4) is 0 Å². The maximum Gasteiger partial charge on any atom is 0.241 e. The Kier molecular flexibility index (Phi) is 5.46. The molecule has 1 saturated heterocycles. The standard InChI is InChI=1S/C25H24N4O2/c30-25(26-22-12-6-10-18-7-4-5-11-21(18)22)20-13-15-29(16-14-20)17-23-27-24(28-31-23)19-8-2-1-3-9-19/h1-12,20H,13-17H2,(H,26,30). The molecule has 1 fully saturated rings. The van der Waals surface area contributed by atoms with E-state index >= 15 is 0 Å². The van der Waals surface area contributed by atoms with Crippen molar-refractivity contribution in [3.05, 3.63) is 78.7 Å². The molecule has 6 nitrogen and oxygen atoms in total. The highest BCUT2D eigenvalue weighted by Gasteiger charge is 2.26. The molecule has 0 aliphatic carbocycles. The van der Waals surface area contributed by atoms with Gasteiger partial charge in [0.2, 0.25) is 17.6 Å². The Labute approximate surface area is 180 Å². The average Bonchev–Trinajstić information content (AvgIpc) is 3.29. The highest BCUT2D eigenvalue weighted by atomic mass is 16.5. The van der Waals surface area contributed by atoms with Gasteiger partial charge in [-0.05, 0) is 37.4 Å². The number of amides is 1. The van der Waals surface area contributed by atoms with E-state index in [9.17, 15) is 4.79 Å². The summed E-state index contributed by atoms with van der Waals surface area (Å²) in [4.78, 5) is 19.6. The topological polar surface area (TPSA) is 71.3 Å². The monoisotopic (exact) mass is 412 g/mol. The van der Waals surface area contributed by atoms with Gasteiger partial charge in [-0.3, -0.25) is 9.69 Å². The number of hydrogen-bond acceptors (Lipinski definition) is 5. The van der Waals surface area contributed by atoms with Gasteiger partial charge in [-0.1, -0.05) is 71.9 Å². The highest BCUT2D eigenvalue weighted by Crippen LogP contribution is 2.26. The van der Waals surface area contributed by atoms with Crippen LogP contribution in [0, 0.1) is 5.92 Å². The van der Waals surface area contributed by atoms with Crippen molar-refractivity contribution in [1.82, 2.24) is 15.0 Å². The van der Waals surface area contributed by atoms with Crippen molar-refractivity contribution in [2.45, 2.75) is 19.4 Å². The largest absolute Gasteiger partial charge is 0.338 e. The van der Waals surface area contributed by atoms with Crippen molar-refractivity contribution >= 4 is 22.4 Å². The van der Waals surface area contributed by atoms with Crippen LogP contribution in [0.5, 0.6) is 0 Å².